The van der Waals surface area contributed by atoms with Crippen LogP contribution < -0.4 is 10.5 Å². The Hall–Kier alpha value is -2.96. The minimum atomic E-state index is -0.651. The number of aromatic nitrogens is 2. The first-order chi connectivity index (χ1) is 10.5. The van der Waals surface area contributed by atoms with E-state index < -0.39 is 5.97 Å². The molecule has 1 aromatic rings. The van der Waals surface area contributed by atoms with Crippen LogP contribution in [0.3, 0.4) is 0 Å². The van der Waals surface area contributed by atoms with Crippen LogP contribution in [0.2, 0.25) is 0 Å². The third kappa shape index (κ3) is 2.73. The number of anilines is 1. The van der Waals surface area contributed by atoms with Crippen molar-refractivity contribution in [1.29, 1.82) is 0 Å². The van der Waals surface area contributed by atoms with Crippen LogP contribution in [0.1, 0.15) is 16.3 Å². The van der Waals surface area contributed by atoms with E-state index in [4.69, 9.17) is 15.2 Å². The molecule has 0 saturated heterocycles. The second-order valence-corrected chi connectivity index (χ2v) is 4.37. The van der Waals surface area contributed by atoms with Gasteiger partial charge in [0, 0.05) is 12.6 Å². The second kappa shape index (κ2) is 6.21. The number of carbonyl (C=O) groups is 1. The molecule has 7 nitrogen and oxygen atoms in total. The van der Waals surface area contributed by atoms with Crippen molar-refractivity contribution in [1.82, 2.24) is 9.97 Å². The summed E-state index contributed by atoms with van der Waals surface area (Å²) in [7, 11) is 4.32. The number of nitrogens with zero attached hydrogens (tertiary/aromatic N) is 3. The molecule has 1 aliphatic rings. The summed E-state index contributed by atoms with van der Waals surface area (Å²) in [5.41, 5.74) is 7.96. The van der Waals surface area contributed by atoms with Crippen LogP contribution in [0.5, 0.6) is 5.75 Å². The van der Waals surface area contributed by atoms with Crippen molar-refractivity contribution < 1.29 is 14.3 Å². The summed E-state index contributed by atoms with van der Waals surface area (Å²) in [5.74, 6) is -0.220. The predicted octanol–water partition coefficient (Wildman–Crippen LogP) is 1.43. The van der Waals surface area contributed by atoms with Gasteiger partial charge in [0.25, 0.3) is 0 Å². The average Bonchev–Trinajstić information content (AvgIpc) is 2.53. The summed E-state index contributed by atoms with van der Waals surface area (Å²) >= 11 is 0. The number of rotatable bonds is 3. The van der Waals surface area contributed by atoms with Crippen LogP contribution in [0.25, 0.3) is 5.57 Å². The summed E-state index contributed by atoms with van der Waals surface area (Å²) in [5, 5.41) is 0. The third-order valence-electron chi connectivity index (χ3n) is 3.05. The lowest BCUT2D eigenvalue weighted by Gasteiger charge is -2.13. The van der Waals surface area contributed by atoms with Crippen molar-refractivity contribution in [3.63, 3.8) is 0 Å². The molecule has 1 aromatic heterocycles. The van der Waals surface area contributed by atoms with E-state index in [0.717, 1.165) is 11.3 Å². The molecule has 0 bridgehead atoms. The molecule has 0 radical (unpaired) electrons. The summed E-state index contributed by atoms with van der Waals surface area (Å²) in [6, 6.07) is 0. The van der Waals surface area contributed by atoms with Crippen LogP contribution in [0.4, 0.5) is 5.82 Å². The number of allylic oxidation sites excluding steroid dienone is 5. The van der Waals surface area contributed by atoms with Crippen molar-refractivity contribution in [2.75, 3.05) is 27.0 Å². The van der Waals surface area contributed by atoms with Crippen molar-refractivity contribution >= 4 is 23.1 Å². The Labute approximate surface area is 127 Å². The zero-order chi connectivity index (χ0) is 16.3. The molecule has 0 spiro atoms. The predicted molar refractivity (Wildman–Crippen MR) is 84.0 cm³/mol. The minimum absolute atomic E-state index is 0.0256. The molecule has 7 heteroatoms. The maximum atomic E-state index is 11.8. The smallest absolute Gasteiger partial charge is 0.360 e. The summed E-state index contributed by atoms with van der Waals surface area (Å²) in [4.78, 5) is 24.3. The standard InChI is InChI=1S/C15H16N4O3/c1-8-7-9(5-6-10(8)17-2)14-18-11(15(20)22-4)12(21-3)13(16)19-14/h5-7H,1H2,2-4H3,(H2,16,18,19). The number of esters is 1. The van der Waals surface area contributed by atoms with Gasteiger partial charge in [0.1, 0.15) is 0 Å². The minimum Gasteiger partial charge on any atom is -0.491 e. The number of hydrogen-bond acceptors (Lipinski definition) is 7. The molecule has 2 N–H and O–H groups in total. The number of methoxy groups -OCH3 is 2. The maximum Gasteiger partial charge on any atom is 0.360 e. The lowest BCUT2D eigenvalue weighted by atomic mass is 10.0. The highest BCUT2D eigenvalue weighted by Gasteiger charge is 2.22. The van der Waals surface area contributed by atoms with E-state index in [2.05, 4.69) is 21.5 Å². The monoisotopic (exact) mass is 300 g/mol. The van der Waals surface area contributed by atoms with Gasteiger partial charge in [-0.25, -0.2) is 14.8 Å². The molecular weight excluding hydrogens is 284 g/mol. The normalized spacial score (nSPS) is 15.7. The molecule has 0 atom stereocenters. The van der Waals surface area contributed by atoms with Crippen LogP contribution in [-0.2, 0) is 4.74 Å². The van der Waals surface area contributed by atoms with Crippen LogP contribution in [0.15, 0.2) is 35.4 Å². The van der Waals surface area contributed by atoms with Gasteiger partial charge < -0.3 is 15.2 Å². The van der Waals surface area contributed by atoms with Gasteiger partial charge in [-0.3, -0.25) is 4.99 Å². The van der Waals surface area contributed by atoms with E-state index >= 15 is 0 Å². The molecule has 0 fully saturated rings. The summed E-state index contributed by atoms with van der Waals surface area (Å²) < 4.78 is 9.76. The average molecular weight is 300 g/mol. The number of ether oxygens (including phenoxy) is 2. The van der Waals surface area contributed by atoms with Gasteiger partial charge in [-0.05, 0) is 23.8 Å². The van der Waals surface area contributed by atoms with E-state index in [1.807, 2.05) is 0 Å². The van der Waals surface area contributed by atoms with E-state index in [0.29, 0.717) is 5.57 Å². The fourth-order valence-electron chi connectivity index (χ4n) is 1.98. The maximum absolute atomic E-state index is 11.8. The first kappa shape index (κ1) is 15.4. The van der Waals surface area contributed by atoms with Crippen LogP contribution in [-0.4, -0.2) is 42.9 Å². The van der Waals surface area contributed by atoms with E-state index in [1.54, 1.807) is 25.3 Å². The number of carbonyl (C=O) groups excluding carboxylic acids is 1. The first-order valence-electron chi connectivity index (χ1n) is 6.37. The highest BCUT2D eigenvalue weighted by atomic mass is 16.5. The van der Waals surface area contributed by atoms with Crippen molar-refractivity contribution in [2.24, 2.45) is 4.99 Å². The molecular formula is C15H16N4O3. The highest BCUT2D eigenvalue weighted by Crippen LogP contribution is 2.27. The van der Waals surface area contributed by atoms with Gasteiger partial charge in [0.15, 0.2) is 23.1 Å². The van der Waals surface area contributed by atoms with E-state index in [-0.39, 0.29) is 23.1 Å². The molecule has 0 aromatic carbocycles. The van der Waals surface area contributed by atoms with Crippen molar-refractivity contribution in [2.45, 2.75) is 0 Å². The molecule has 0 unspecified atom stereocenters. The lowest BCUT2D eigenvalue weighted by molar-refractivity contribution is 0.0589. The summed E-state index contributed by atoms with van der Waals surface area (Å²) in [6.45, 7) is 3.91. The molecule has 22 heavy (non-hydrogen) atoms. The number of nitrogen functional groups attached to an aromatic ring is 1. The van der Waals surface area contributed by atoms with E-state index in [9.17, 15) is 4.79 Å². The largest absolute Gasteiger partial charge is 0.491 e. The number of aliphatic imine (C=N–C) groups is 1. The van der Waals surface area contributed by atoms with Crippen molar-refractivity contribution in [3.8, 4) is 5.75 Å². The lowest BCUT2D eigenvalue weighted by Crippen LogP contribution is -2.13. The number of nitrogens with two attached hydrogens (primary N) is 1. The molecule has 1 heterocycles. The van der Waals surface area contributed by atoms with Gasteiger partial charge in [0.05, 0.1) is 19.9 Å². The quantitative estimate of drug-likeness (QED) is 0.848. The Kier molecular flexibility index (Phi) is 4.36. The Morgan fingerprint density at radius 3 is 2.59 bits per heavy atom. The van der Waals surface area contributed by atoms with Gasteiger partial charge in [-0.15, -0.1) is 0 Å². The van der Waals surface area contributed by atoms with Crippen molar-refractivity contribution in [3.05, 3.63) is 41.9 Å². The fourth-order valence-corrected chi connectivity index (χ4v) is 1.98. The Balaban J connectivity index is 2.54. The Morgan fingerprint density at radius 2 is 2.05 bits per heavy atom. The molecule has 1 aliphatic carbocycles. The van der Waals surface area contributed by atoms with Gasteiger partial charge in [-0.1, -0.05) is 6.58 Å². The highest BCUT2D eigenvalue weighted by molar-refractivity contribution is 6.14. The Morgan fingerprint density at radius 1 is 1.32 bits per heavy atom. The van der Waals surface area contributed by atoms with Gasteiger partial charge in [0.2, 0.25) is 0 Å². The molecule has 0 aliphatic heterocycles. The molecule has 2 rings (SSSR count). The topological polar surface area (TPSA) is 99.7 Å². The molecule has 0 amide bonds. The second-order valence-electron chi connectivity index (χ2n) is 4.37. The SMILES string of the molecule is C=C1C=C(c2nc(N)c(OC)c(C(=O)OC)n2)C=CC1=NC. The number of hydrogen-bond donors (Lipinski definition) is 1. The van der Waals surface area contributed by atoms with E-state index in [1.165, 1.54) is 14.2 Å². The zero-order valence-corrected chi connectivity index (χ0v) is 12.6. The summed E-state index contributed by atoms with van der Waals surface area (Å²) in [6.07, 6.45) is 5.34. The third-order valence-corrected chi connectivity index (χ3v) is 3.05. The van der Waals surface area contributed by atoms with Gasteiger partial charge >= 0.3 is 5.97 Å². The zero-order valence-electron chi connectivity index (χ0n) is 12.6. The Bertz CT molecular complexity index is 733. The molecule has 0 saturated carbocycles. The van der Waals surface area contributed by atoms with Gasteiger partial charge in [-0.2, -0.15) is 0 Å². The molecule has 114 valence electrons. The fraction of sp³-hybridized carbons (Fsp3) is 0.200. The van der Waals surface area contributed by atoms with Crippen LogP contribution in [0, 0.1) is 0 Å². The van der Waals surface area contributed by atoms with Crippen LogP contribution >= 0.6 is 0 Å². The first-order valence-corrected chi connectivity index (χ1v) is 6.37.